The molecule has 4 heteroatoms. The molecular weight excluding hydrogens is 202 g/mol. The average Bonchev–Trinajstić information content (AvgIpc) is 3.06. The number of nitrogens with zero attached hydrogens (tertiary/aromatic N) is 2. The van der Waals surface area contributed by atoms with E-state index in [9.17, 15) is 4.79 Å². The highest BCUT2D eigenvalue weighted by Crippen LogP contribution is 2.44. The number of pyridine rings is 1. The summed E-state index contributed by atoms with van der Waals surface area (Å²) in [5.74, 6) is 0.0147. The highest BCUT2D eigenvalue weighted by atomic mass is 16.2. The van der Waals surface area contributed by atoms with E-state index < -0.39 is 0 Å². The maximum atomic E-state index is 11.6. The summed E-state index contributed by atoms with van der Waals surface area (Å²) in [6.07, 6.45) is 5.34. The van der Waals surface area contributed by atoms with Crippen molar-refractivity contribution < 1.29 is 4.79 Å². The van der Waals surface area contributed by atoms with Crippen LogP contribution in [-0.2, 0) is 4.79 Å². The van der Waals surface area contributed by atoms with Gasteiger partial charge in [-0.15, -0.1) is 0 Å². The zero-order valence-electron chi connectivity index (χ0n) is 9.53. The van der Waals surface area contributed by atoms with E-state index in [-0.39, 0.29) is 11.3 Å². The molecule has 1 saturated carbocycles. The summed E-state index contributed by atoms with van der Waals surface area (Å²) in [5, 5.41) is 4.09. The normalized spacial score (nSPS) is 18.0. The minimum absolute atomic E-state index is 0.0147. The smallest absolute Gasteiger partial charge is 0.246 e. The third-order valence-electron chi connectivity index (χ3n) is 2.97. The molecule has 2 rings (SSSR count). The molecule has 1 heterocycles. The number of hydrogen-bond donors (Lipinski definition) is 1. The number of hydrazone groups is 1. The first-order valence-electron chi connectivity index (χ1n) is 5.37. The summed E-state index contributed by atoms with van der Waals surface area (Å²) >= 11 is 0. The standard InChI is InChI=1S/C12H15N3O/c1-9(10-3-7-13-8-4-10)14-15-11(16)12(2)5-6-12/h3-4,7-8H,5-6H2,1-2H3,(H,15,16). The van der Waals surface area contributed by atoms with Gasteiger partial charge in [-0.2, -0.15) is 5.10 Å². The molecule has 0 saturated heterocycles. The molecule has 1 aromatic rings. The van der Waals surface area contributed by atoms with Crippen LogP contribution in [0.25, 0.3) is 0 Å². The van der Waals surface area contributed by atoms with Gasteiger partial charge in [0.25, 0.3) is 0 Å². The van der Waals surface area contributed by atoms with Crippen LogP contribution in [0.5, 0.6) is 0 Å². The molecule has 0 atom stereocenters. The molecule has 0 spiro atoms. The lowest BCUT2D eigenvalue weighted by Crippen LogP contribution is -2.26. The number of carbonyl (C=O) groups excluding carboxylic acids is 1. The molecule has 1 fully saturated rings. The quantitative estimate of drug-likeness (QED) is 0.619. The Morgan fingerprint density at radius 2 is 2.06 bits per heavy atom. The van der Waals surface area contributed by atoms with E-state index in [1.807, 2.05) is 26.0 Å². The van der Waals surface area contributed by atoms with Crippen molar-refractivity contribution in [3.63, 3.8) is 0 Å². The average molecular weight is 217 g/mol. The Morgan fingerprint density at radius 3 is 2.62 bits per heavy atom. The zero-order valence-corrected chi connectivity index (χ0v) is 9.53. The Balaban J connectivity index is 2.00. The van der Waals surface area contributed by atoms with Crippen LogP contribution in [0.4, 0.5) is 0 Å². The predicted molar refractivity (Wildman–Crippen MR) is 61.9 cm³/mol. The molecule has 16 heavy (non-hydrogen) atoms. The van der Waals surface area contributed by atoms with Crippen LogP contribution < -0.4 is 5.43 Å². The number of nitrogens with one attached hydrogen (secondary N) is 1. The number of aromatic nitrogens is 1. The molecule has 1 aromatic heterocycles. The lowest BCUT2D eigenvalue weighted by Gasteiger charge is -2.06. The molecule has 1 aliphatic rings. The van der Waals surface area contributed by atoms with E-state index in [0.717, 1.165) is 24.1 Å². The topological polar surface area (TPSA) is 54.4 Å². The van der Waals surface area contributed by atoms with E-state index in [0.29, 0.717) is 0 Å². The van der Waals surface area contributed by atoms with Crippen LogP contribution in [0, 0.1) is 5.41 Å². The van der Waals surface area contributed by atoms with Crippen molar-refractivity contribution in [3.8, 4) is 0 Å². The lowest BCUT2D eigenvalue weighted by molar-refractivity contribution is -0.125. The summed E-state index contributed by atoms with van der Waals surface area (Å²) in [6.45, 7) is 3.82. The molecule has 1 aliphatic carbocycles. The number of carbonyl (C=O) groups is 1. The molecule has 1 N–H and O–H groups in total. The van der Waals surface area contributed by atoms with Gasteiger partial charge in [0.1, 0.15) is 0 Å². The van der Waals surface area contributed by atoms with Gasteiger partial charge >= 0.3 is 0 Å². The van der Waals surface area contributed by atoms with Crippen molar-refractivity contribution in [1.82, 2.24) is 10.4 Å². The third-order valence-corrected chi connectivity index (χ3v) is 2.97. The lowest BCUT2D eigenvalue weighted by atomic mass is 10.1. The second-order valence-corrected chi connectivity index (χ2v) is 4.43. The minimum Gasteiger partial charge on any atom is -0.273 e. The molecule has 0 aliphatic heterocycles. The van der Waals surface area contributed by atoms with E-state index in [2.05, 4.69) is 15.5 Å². The van der Waals surface area contributed by atoms with Crippen LogP contribution in [0.2, 0.25) is 0 Å². The molecular formula is C12H15N3O. The van der Waals surface area contributed by atoms with Crippen LogP contribution in [0.1, 0.15) is 32.3 Å². The second kappa shape index (κ2) is 4.04. The fraction of sp³-hybridized carbons (Fsp3) is 0.417. The van der Waals surface area contributed by atoms with Crippen molar-refractivity contribution in [2.75, 3.05) is 0 Å². The van der Waals surface area contributed by atoms with Crippen LogP contribution in [0.3, 0.4) is 0 Å². The molecule has 0 bridgehead atoms. The first kappa shape index (κ1) is 10.8. The fourth-order valence-electron chi connectivity index (χ4n) is 1.34. The van der Waals surface area contributed by atoms with E-state index >= 15 is 0 Å². The third kappa shape index (κ3) is 2.27. The van der Waals surface area contributed by atoms with E-state index in [1.165, 1.54) is 0 Å². The molecule has 0 aromatic carbocycles. The van der Waals surface area contributed by atoms with Gasteiger partial charge in [-0.1, -0.05) is 6.92 Å². The molecule has 0 unspecified atom stereocenters. The van der Waals surface area contributed by atoms with Gasteiger partial charge in [-0.05, 0) is 31.9 Å². The Hall–Kier alpha value is -1.71. The Morgan fingerprint density at radius 1 is 1.44 bits per heavy atom. The highest BCUT2D eigenvalue weighted by molar-refractivity contribution is 5.99. The summed E-state index contributed by atoms with van der Waals surface area (Å²) in [7, 11) is 0. The van der Waals surface area contributed by atoms with Gasteiger partial charge in [-0.25, -0.2) is 5.43 Å². The SMILES string of the molecule is CC(=NNC(=O)C1(C)CC1)c1ccncc1. The number of hydrogen-bond acceptors (Lipinski definition) is 3. The van der Waals surface area contributed by atoms with Gasteiger partial charge in [-0.3, -0.25) is 9.78 Å². The Kier molecular flexibility index (Phi) is 2.73. The number of rotatable bonds is 3. The Bertz CT molecular complexity index is 421. The van der Waals surface area contributed by atoms with Gasteiger partial charge in [0, 0.05) is 23.4 Å². The largest absolute Gasteiger partial charge is 0.273 e. The predicted octanol–water partition coefficient (Wildman–Crippen LogP) is 1.72. The zero-order chi connectivity index (χ0) is 11.6. The maximum Gasteiger partial charge on any atom is 0.246 e. The molecule has 1 amide bonds. The van der Waals surface area contributed by atoms with Crippen molar-refractivity contribution in [1.29, 1.82) is 0 Å². The molecule has 84 valence electrons. The highest BCUT2D eigenvalue weighted by Gasteiger charge is 2.44. The first-order valence-corrected chi connectivity index (χ1v) is 5.37. The van der Waals surface area contributed by atoms with Gasteiger partial charge in [0.05, 0.1) is 5.71 Å². The Labute approximate surface area is 94.8 Å². The van der Waals surface area contributed by atoms with Crippen LogP contribution in [0.15, 0.2) is 29.6 Å². The second-order valence-electron chi connectivity index (χ2n) is 4.43. The minimum atomic E-state index is -0.179. The van der Waals surface area contributed by atoms with Crippen molar-refractivity contribution in [3.05, 3.63) is 30.1 Å². The van der Waals surface area contributed by atoms with E-state index in [1.54, 1.807) is 12.4 Å². The van der Waals surface area contributed by atoms with Crippen LogP contribution in [-0.4, -0.2) is 16.6 Å². The maximum absolute atomic E-state index is 11.6. The van der Waals surface area contributed by atoms with Crippen molar-refractivity contribution in [2.45, 2.75) is 26.7 Å². The van der Waals surface area contributed by atoms with Crippen molar-refractivity contribution in [2.24, 2.45) is 10.5 Å². The van der Waals surface area contributed by atoms with Crippen molar-refractivity contribution >= 4 is 11.6 Å². The monoisotopic (exact) mass is 217 g/mol. The summed E-state index contributed by atoms with van der Waals surface area (Å²) in [5.41, 5.74) is 4.19. The van der Waals surface area contributed by atoms with Gasteiger partial charge < -0.3 is 0 Å². The summed E-state index contributed by atoms with van der Waals surface area (Å²) < 4.78 is 0. The summed E-state index contributed by atoms with van der Waals surface area (Å²) in [4.78, 5) is 15.6. The van der Waals surface area contributed by atoms with Crippen LogP contribution >= 0.6 is 0 Å². The molecule has 0 radical (unpaired) electrons. The van der Waals surface area contributed by atoms with Gasteiger partial charge in [0.2, 0.25) is 5.91 Å². The van der Waals surface area contributed by atoms with E-state index in [4.69, 9.17) is 0 Å². The number of amides is 1. The fourth-order valence-corrected chi connectivity index (χ4v) is 1.34. The summed E-state index contributed by atoms with van der Waals surface area (Å²) in [6, 6.07) is 3.73. The van der Waals surface area contributed by atoms with Gasteiger partial charge in [0.15, 0.2) is 0 Å². The first-order chi connectivity index (χ1) is 7.62. The molecule has 4 nitrogen and oxygen atoms in total.